The summed E-state index contributed by atoms with van der Waals surface area (Å²) in [4.78, 5) is 16.2. The molecule has 0 N–H and O–H groups in total. The standard InChI is InChI=1S/C11H11N3O3S/c1-6-9(11(15)17-3)18-10(12-6)7-4-5-8(16-2)14-13-7/h4-5H,1-3H3. The lowest BCUT2D eigenvalue weighted by atomic mass is 10.4. The molecular weight excluding hydrogens is 254 g/mol. The van der Waals surface area contributed by atoms with Crippen molar-refractivity contribution < 1.29 is 14.3 Å². The molecule has 0 unspecified atom stereocenters. The van der Waals surface area contributed by atoms with E-state index in [9.17, 15) is 4.79 Å². The van der Waals surface area contributed by atoms with Crippen molar-refractivity contribution in [2.75, 3.05) is 14.2 Å². The fourth-order valence-corrected chi connectivity index (χ4v) is 2.28. The zero-order chi connectivity index (χ0) is 13.1. The lowest BCUT2D eigenvalue weighted by molar-refractivity contribution is 0.0605. The molecule has 0 aliphatic rings. The van der Waals surface area contributed by atoms with Crippen LogP contribution in [0.5, 0.6) is 5.88 Å². The molecule has 0 saturated carbocycles. The number of hydrogen-bond acceptors (Lipinski definition) is 7. The zero-order valence-electron chi connectivity index (χ0n) is 10.1. The van der Waals surface area contributed by atoms with Crippen molar-refractivity contribution in [3.63, 3.8) is 0 Å². The number of aromatic nitrogens is 3. The summed E-state index contributed by atoms with van der Waals surface area (Å²) in [5, 5.41) is 8.46. The van der Waals surface area contributed by atoms with Gasteiger partial charge in [-0.3, -0.25) is 0 Å². The highest BCUT2D eigenvalue weighted by Gasteiger charge is 2.17. The van der Waals surface area contributed by atoms with Crippen molar-refractivity contribution >= 4 is 17.3 Å². The number of methoxy groups -OCH3 is 2. The van der Waals surface area contributed by atoms with Gasteiger partial charge in [-0.2, -0.15) is 0 Å². The number of carbonyl (C=O) groups excluding carboxylic acids is 1. The predicted molar refractivity (Wildman–Crippen MR) is 65.8 cm³/mol. The van der Waals surface area contributed by atoms with Crippen LogP contribution in [-0.2, 0) is 4.74 Å². The number of rotatable bonds is 3. The van der Waals surface area contributed by atoms with Crippen LogP contribution < -0.4 is 4.74 Å². The first kappa shape index (κ1) is 12.4. The van der Waals surface area contributed by atoms with E-state index >= 15 is 0 Å². The highest BCUT2D eigenvalue weighted by molar-refractivity contribution is 7.17. The summed E-state index contributed by atoms with van der Waals surface area (Å²) in [7, 11) is 2.86. The molecule has 0 bridgehead atoms. The van der Waals surface area contributed by atoms with Crippen molar-refractivity contribution in [1.29, 1.82) is 0 Å². The van der Waals surface area contributed by atoms with Crippen LogP contribution in [0.1, 0.15) is 15.4 Å². The Morgan fingerprint density at radius 1 is 1.28 bits per heavy atom. The maximum absolute atomic E-state index is 11.5. The van der Waals surface area contributed by atoms with Crippen molar-refractivity contribution in [3.05, 3.63) is 22.7 Å². The van der Waals surface area contributed by atoms with Gasteiger partial charge < -0.3 is 9.47 Å². The topological polar surface area (TPSA) is 74.2 Å². The average Bonchev–Trinajstić information content (AvgIpc) is 2.80. The van der Waals surface area contributed by atoms with Crippen LogP contribution in [-0.4, -0.2) is 35.4 Å². The minimum Gasteiger partial charge on any atom is -0.480 e. The van der Waals surface area contributed by atoms with E-state index < -0.39 is 5.97 Å². The van der Waals surface area contributed by atoms with Crippen LogP contribution in [0.25, 0.3) is 10.7 Å². The molecule has 0 aliphatic carbocycles. The molecule has 18 heavy (non-hydrogen) atoms. The second-order valence-electron chi connectivity index (χ2n) is 3.39. The number of ether oxygens (including phenoxy) is 2. The molecule has 0 spiro atoms. The highest BCUT2D eigenvalue weighted by atomic mass is 32.1. The molecule has 0 aliphatic heterocycles. The minimum absolute atomic E-state index is 0.391. The molecule has 0 amide bonds. The van der Waals surface area contributed by atoms with E-state index in [2.05, 4.69) is 19.9 Å². The van der Waals surface area contributed by atoms with Gasteiger partial charge in [0.1, 0.15) is 15.6 Å². The fraction of sp³-hybridized carbons (Fsp3) is 0.273. The molecule has 94 valence electrons. The van der Waals surface area contributed by atoms with Crippen LogP contribution in [0.3, 0.4) is 0 Å². The van der Waals surface area contributed by atoms with Gasteiger partial charge in [0, 0.05) is 6.07 Å². The average molecular weight is 265 g/mol. The number of thiazole rings is 1. The highest BCUT2D eigenvalue weighted by Crippen LogP contribution is 2.27. The molecule has 0 saturated heterocycles. The number of carbonyl (C=O) groups is 1. The number of aryl methyl sites for hydroxylation is 1. The Morgan fingerprint density at radius 2 is 2.06 bits per heavy atom. The molecule has 0 atom stereocenters. The van der Waals surface area contributed by atoms with Gasteiger partial charge in [-0.15, -0.1) is 21.5 Å². The van der Waals surface area contributed by atoms with Gasteiger partial charge in [-0.25, -0.2) is 9.78 Å². The van der Waals surface area contributed by atoms with Crippen LogP contribution >= 0.6 is 11.3 Å². The van der Waals surface area contributed by atoms with Gasteiger partial charge >= 0.3 is 5.97 Å². The second kappa shape index (κ2) is 5.09. The summed E-state index contributed by atoms with van der Waals surface area (Å²) in [5.41, 5.74) is 1.22. The van der Waals surface area contributed by atoms with Crippen LogP contribution in [0.15, 0.2) is 12.1 Å². The molecule has 0 aromatic carbocycles. The van der Waals surface area contributed by atoms with Gasteiger partial charge in [0.2, 0.25) is 5.88 Å². The zero-order valence-corrected chi connectivity index (χ0v) is 10.9. The second-order valence-corrected chi connectivity index (χ2v) is 4.39. The Labute approximate surface area is 108 Å². The lowest BCUT2D eigenvalue weighted by Crippen LogP contribution is -1.99. The Hall–Kier alpha value is -2.02. The summed E-state index contributed by atoms with van der Waals surface area (Å²) < 4.78 is 9.60. The SMILES string of the molecule is COC(=O)c1sc(-c2ccc(OC)nn2)nc1C. The Morgan fingerprint density at radius 3 is 2.61 bits per heavy atom. The molecule has 2 rings (SSSR count). The van der Waals surface area contributed by atoms with Gasteiger partial charge in [-0.05, 0) is 13.0 Å². The van der Waals surface area contributed by atoms with Crippen molar-refractivity contribution in [2.24, 2.45) is 0 Å². The molecular formula is C11H11N3O3S. The minimum atomic E-state index is -0.391. The third-order valence-electron chi connectivity index (χ3n) is 2.24. The third kappa shape index (κ3) is 2.30. The summed E-state index contributed by atoms with van der Waals surface area (Å²) in [6, 6.07) is 3.43. The molecule has 6 nitrogen and oxygen atoms in total. The predicted octanol–water partition coefficient (Wildman–Crippen LogP) is 1.70. The molecule has 0 fully saturated rings. The molecule has 0 radical (unpaired) electrons. The van der Waals surface area contributed by atoms with E-state index in [1.165, 1.54) is 25.6 Å². The Bertz CT molecular complexity index is 565. The maximum atomic E-state index is 11.5. The van der Waals surface area contributed by atoms with Gasteiger partial charge in [0.25, 0.3) is 0 Å². The van der Waals surface area contributed by atoms with Gasteiger partial charge in [0.15, 0.2) is 0 Å². The summed E-state index contributed by atoms with van der Waals surface area (Å²) in [6.07, 6.45) is 0. The molecule has 7 heteroatoms. The molecule has 2 aromatic rings. The fourth-order valence-electron chi connectivity index (χ4n) is 1.33. The van der Waals surface area contributed by atoms with Crippen LogP contribution in [0.4, 0.5) is 0 Å². The number of esters is 1. The van der Waals surface area contributed by atoms with E-state index in [1.54, 1.807) is 19.1 Å². The van der Waals surface area contributed by atoms with Crippen molar-refractivity contribution in [3.8, 4) is 16.6 Å². The van der Waals surface area contributed by atoms with E-state index in [0.717, 1.165) is 0 Å². The Balaban J connectivity index is 2.36. The van der Waals surface area contributed by atoms with E-state index in [1.807, 2.05) is 0 Å². The monoisotopic (exact) mass is 265 g/mol. The van der Waals surface area contributed by atoms with Crippen LogP contribution in [0, 0.1) is 6.92 Å². The van der Waals surface area contributed by atoms with Crippen molar-refractivity contribution in [1.82, 2.24) is 15.2 Å². The summed E-state index contributed by atoms with van der Waals surface area (Å²) >= 11 is 1.23. The first-order valence-electron chi connectivity index (χ1n) is 5.09. The number of nitrogens with zero attached hydrogens (tertiary/aromatic N) is 3. The molecule has 2 heterocycles. The number of hydrogen-bond donors (Lipinski definition) is 0. The van der Waals surface area contributed by atoms with E-state index in [-0.39, 0.29) is 0 Å². The Kier molecular flexibility index (Phi) is 3.52. The van der Waals surface area contributed by atoms with Gasteiger partial charge in [0.05, 0.1) is 19.9 Å². The normalized spacial score (nSPS) is 10.2. The van der Waals surface area contributed by atoms with E-state index in [0.29, 0.717) is 27.2 Å². The van der Waals surface area contributed by atoms with Gasteiger partial charge in [-0.1, -0.05) is 0 Å². The summed E-state index contributed by atoms with van der Waals surface area (Å²) in [5.74, 6) is 0.0398. The third-order valence-corrected chi connectivity index (χ3v) is 3.40. The maximum Gasteiger partial charge on any atom is 0.349 e. The smallest absolute Gasteiger partial charge is 0.349 e. The quantitative estimate of drug-likeness (QED) is 0.786. The lowest BCUT2D eigenvalue weighted by Gasteiger charge is -1.97. The summed E-state index contributed by atoms with van der Waals surface area (Å²) in [6.45, 7) is 1.75. The first-order valence-corrected chi connectivity index (χ1v) is 5.91. The van der Waals surface area contributed by atoms with E-state index in [4.69, 9.17) is 4.74 Å². The van der Waals surface area contributed by atoms with Crippen molar-refractivity contribution in [2.45, 2.75) is 6.92 Å². The largest absolute Gasteiger partial charge is 0.480 e. The molecule has 2 aromatic heterocycles. The van der Waals surface area contributed by atoms with Crippen LogP contribution in [0.2, 0.25) is 0 Å². The first-order chi connectivity index (χ1) is 8.65.